The van der Waals surface area contributed by atoms with E-state index in [0.29, 0.717) is 11.6 Å². The average Bonchev–Trinajstić information content (AvgIpc) is 3.31. The van der Waals surface area contributed by atoms with Gasteiger partial charge in [-0.2, -0.15) is 0 Å². The summed E-state index contributed by atoms with van der Waals surface area (Å²) in [6.07, 6.45) is 1.32. The third-order valence-electron chi connectivity index (χ3n) is 3.40. The zero-order chi connectivity index (χ0) is 17.5. The normalized spacial score (nSPS) is 10.6. The molecule has 0 fully saturated rings. The van der Waals surface area contributed by atoms with Crippen molar-refractivity contribution in [1.29, 1.82) is 0 Å². The van der Waals surface area contributed by atoms with E-state index < -0.39 is 0 Å². The lowest BCUT2D eigenvalue weighted by molar-refractivity contribution is -0.116. The van der Waals surface area contributed by atoms with Crippen molar-refractivity contribution in [1.82, 2.24) is 4.98 Å². The molecule has 1 N–H and O–H groups in total. The zero-order valence-electron chi connectivity index (χ0n) is 13.7. The molecule has 0 aliphatic carbocycles. The molecular weight excluding hydrogens is 372 g/mol. The Morgan fingerprint density at radius 2 is 2.08 bits per heavy atom. The van der Waals surface area contributed by atoms with Gasteiger partial charge in [0.25, 0.3) is 0 Å². The van der Waals surface area contributed by atoms with Gasteiger partial charge in [0.1, 0.15) is 5.75 Å². The molecule has 2 heterocycles. The fraction of sp³-hybridized carbons (Fsp3) is 0.222. The van der Waals surface area contributed by atoms with Gasteiger partial charge in [-0.25, -0.2) is 4.98 Å². The lowest BCUT2D eigenvalue weighted by Gasteiger charge is -2.04. The third kappa shape index (κ3) is 5.32. The van der Waals surface area contributed by atoms with Crippen LogP contribution in [0.25, 0.3) is 10.6 Å². The van der Waals surface area contributed by atoms with E-state index in [1.807, 2.05) is 47.2 Å². The Balaban J connectivity index is 1.39. The van der Waals surface area contributed by atoms with E-state index >= 15 is 0 Å². The van der Waals surface area contributed by atoms with E-state index in [4.69, 9.17) is 4.74 Å². The number of anilines is 1. The predicted molar refractivity (Wildman–Crippen MR) is 107 cm³/mol. The summed E-state index contributed by atoms with van der Waals surface area (Å²) in [5, 5.41) is 7.54. The topological polar surface area (TPSA) is 51.2 Å². The minimum absolute atomic E-state index is 0.0161. The molecule has 3 aromatic rings. The number of hydrogen-bond acceptors (Lipinski definition) is 6. The number of benzene rings is 1. The van der Waals surface area contributed by atoms with Crippen LogP contribution in [0, 0.1) is 0 Å². The van der Waals surface area contributed by atoms with Gasteiger partial charge in [0.2, 0.25) is 5.91 Å². The monoisotopic (exact) mass is 390 g/mol. The van der Waals surface area contributed by atoms with Crippen molar-refractivity contribution in [3.63, 3.8) is 0 Å². The summed E-state index contributed by atoms with van der Waals surface area (Å²) in [6, 6.07) is 12.0. The Bertz CT molecular complexity index is 798. The number of carbonyl (C=O) groups excluding carboxylic acids is 1. The predicted octanol–water partition coefficient (Wildman–Crippen LogP) is 5.39. The highest BCUT2D eigenvalue weighted by atomic mass is 32.2. The van der Waals surface area contributed by atoms with Crippen molar-refractivity contribution < 1.29 is 9.53 Å². The van der Waals surface area contributed by atoms with Crippen LogP contribution in [0.4, 0.5) is 5.13 Å². The summed E-state index contributed by atoms with van der Waals surface area (Å²) in [4.78, 5) is 18.8. The smallest absolute Gasteiger partial charge is 0.226 e. The van der Waals surface area contributed by atoms with Gasteiger partial charge in [0, 0.05) is 16.7 Å². The summed E-state index contributed by atoms with van der Waals surface area (Å²) in [7, 11) is 1.66. The van der Waals surface area contributed by atoms with Gasteiger partial charge in [0.15, 0.2) is 5.13 Å². The number of nitrogens with one attached hydrogen (secondary N) is 1. The minimum Gasteiger partial charge on any atom is -0.497 e. The fourth-order valence-corrected chi connectivity index (χ4v) is 4.49. The van der Waals surface area contributed by atoms with Crippen LogP contribution in [-0.4, -0.2) is 23.8 Å². The van der Waals surface area contributed by atoms with Crippen molar-refractivity contribution in [3.8, 4) is 16.3 Å². The molecule has 0 aliphatic rings. The molecule has 0 aliphatic heterocycles. The number of carbonyl (C=O) groups is 1. The number of amides is 1. The first kappa shape index (κ1) is 18.0. The van der Waals surface area contributed by atoms with E-state index in [9.17, 15) is 4.79 Å². The molecule has 3 rings (SSSR count). The van der Waals surface area contributed by atoms with E-state index in [-0.39, 0.29) is 5.91 Å². The zero-order valence-corrected chi connectivity index (χ0v) is 16.2. The SMILES string of the molecule is COc1ccc(SCCCC(=O)Nc2nc(-c3cccs3)cs2)cc1. The average molecular weight is 391 g/mol. The van der Waals surface area contributed by atoms with Crippen LogP contribution in [0.2, 0.25) is 0 Å². The standard InChI is InChI=1S/C18H18N2O2S3/c1-22-13-6-8-14(9-7-13)23-10-3-5-17(21)20-18-19-15(12-25-18)16-4-2-11-24-16/h2,4,6-9,11-12H,3,5,10H2,1H3,(H,19,20,21). The summed E-state index contributed by atoms with van der Waals surface area (Å²) in [5.41, 5.74) is 0.922. The summed E-state index contributed by atoms with van der Waals surface area (Å²) < 4.78 is 5.14. The third-order valence-corrected chi connectivity index (χ3v) is 6.15. The molecule has 0 atom stereocenters. The number of thiazole rings is 1. The Kier molecular flexibility index (Phi) is 6.49. The second-order valence-corrected chi connectivity index (χ2v) is 8.17. The number of methoxy groups -OCH3 is 1. The molecule has 0 bridgehead atoms. The number of hydrogen-bond donors (Lipinski definition) is 1. The molecule has 0 radical (unpaired) electrons. The van der Waals surface area contributed by atoms with Crippen molar-refractivity contribution in [2.45, 2.75) is 17.7 Å². The molecule has 7 heteroatoms. The molecule has 1 aromatic carbocycles. The quantitative estimate of drug-likeness (QED) is 0.414. The summed E-state index contributed by atoms with van der Waals surface area (Å²) >= 11 is 4.85. The van der Waals surface area contributed by atoms with Crippen molar-refractivity contribution >= 4 is 45.5 Å². The molecule has 130 valence electrons. The highest BCUT2D eigenvalue weighted by Crippen LogP contribution is 2.28. The van der Waals surface area contributed by atoms with Crippen LogP contribution in [0.15, 0.2) is 52.1 Å². The van der Waals surface area contributed by atoms with Gasteiger partial charge in [-0.3, -0.25) is 4.79 Å². The highest BCUT2D eigenvalue weighted by molar-refractivity contribution is 7.99. The van der Waals surface area contributed by atoms with Crippen LogP contribution < -0.4 is 10.1 Å². The lowest BCUT2D eigenvalue weighted by Crippen LogP contribution is -2.11. The van der Waals surface area contributed by atoms with Crippen LogP contribution in [0.3, 0.4) is 0 Å². The van der Waals surface area contributed by atoms with Gasteiger partial charge >= 0.3 is 0 Å². The highest BCUT2D eigenvalue weighted by Gasteiger charge is 2.08. The summed E-state index contributed by atoms with van der Waals surface area (Å²) in [5.74, 6) is 1.77. The van der Waals surface area contributed by atoms with Crippen molar-refractivity contribution in [2.24, 2.45) is 0 Å². The van der Waals surface area contributed by atoms with Gasteiger partial charge < -0.3 is 10.1 Å². The number of nitrogens with zero attached hydrogens (tertiary/aromatic N) is 1. The maximum atomic E-state index is 12.0. The Hall–Kier alpha value is -1.83. The number of thioether (sulfide) groups is 1. The first-order valence-corrected chi connectivity index (χ1v) is 10.6. The fourth-order valence-electron chi connectivity index (χ4n) is 2.15. The first-order valence-electron chi connectivity index (χ1n) is 7.81. The van der Waals surface area contributed by atoms with Crippen LogP contribution in [-0.2, 0) is 4.79 Å². The van der Waals surface area contributed by atoms with Crippen molar-refractivity contribution in [2.75, 3.05) is 18.2 Å². The molecule has 1 amide bonds. The lowest BCUT2D eigenvalue weighted by atomic mass is 10.3. The minimum atomic E-state index is 0.0161. The van der Waals surface area contributed by atoms with Crippen molar-refractivity contribution in [3.05, 3.63) is 47.2 Å². The molecule has 0 saturated heterocycles. The second kappa shape index (κ2) is 9.03. The number of rotatable bonds is 8. The van der Waals surface area contributed by atoms with Crippen LogP contribution in [0.5, 0.6) is 5.75 Å². The number of ether oxygens (including phenoxy) is 1. The molecular formula is C18H18N2O2S3. The largest absolute Gasteiger partial charge is 0.497 e. The van der Waals surface area contributed by atoms with E-state index in [0.717, 1.165) is 28.5 Å². The van der Waals surface area contributed by atoms with E-state index in [1.54, 1.807) is 30.2 Å². The summed E-state index contributed by atoms with van der Waals surface area (Å²) in [6.45, 7) is 0. The van der Waals surface area contributed by atoms with Crippen LogP contribution in [0.1, 0.15) is 12.8 Å². The van der Waals surface area contributed by atoms with E-state index in [2.05, 4.69) is 10.3 Å². The Morgan fingerprint density at radius 1 is 1.24 bits per heavy atom. The van der Waals surface area contributed by atoms with Gasteiger partial charge in [-0.1, -0.05) is 6.07 Å². The van der Waals surface area contributed by atoms with Crippen LogP contribution >= 0.6 is 34.4 Å². The second-order valence-electron chi connectivity index (χ2n) is 5.19. The molecule has 0 unspecified atom stereocenters. The molecule has 25 heavy (non-hydrogen) atoms. The van der Waals surface area contributed by atoms with Gasteiger partial charge in [-0.15, -0.1) is 34.4 Å². The maximum Gasteiger partial charge on any atom is 0.226 e. The maximum absolute atomic E-state index is 12.0. The first-order chi connectivity index (χ1) is 12.2. The van der Waals surface area contributed by atoms with Gasteiger partial charge in [-0.05, 0) is 47.9 Å². The van der Waals surface area contributed by atoms with E-state index in [1.165, 1.54) is 16.2 Å². The Morgan fingerprint density at radius 3 is 2.80 bits per heavy atom. The number of thiophene rings is 1. The Labute approximate surface area is 159 Å². The molecule has 4 nitrogen and oxygen atoms in total. The number of aromatic nitrogens is 1. The molecule has 2 aromatic heterocycles. The molecule has 0 spiro atoms. The molecule has 0 saturated carbocycles. The van der Waals surface area contributed by atoms with Gasteiger partial charge in [0.05, 0.1) is 17.7 Å².